The van der Waals surface area contributed by atoms with Crippen molar-refractivity contribution in [2.24, 2.45) is 0 Å². The lowest BCUT2D eigenvalue weighted by Gasteiger charge is -2.07. The maximum atomic E-state index is 8.26. The van der Waals surface area contributed by atoms with Gasteiger partial charge >= 0.3 is 0 Å². The molecule has 0 saturated carbocycles. The van der Waals surface area contributed by atoms with E-state index in [-0.39, 0.29) is 29.7 Å². The van der Waals surface area contributed by atoms with Crippen LogP contribution < -0.4 is 0 Å². The summed E-state index contributed by atoms with van der Waals surface area (Å²) in [5.41, 5.74) is 1.93. The summed E-state index contributed by atoms with van der Waals surface area (Å²) in [7, 11) is 0. The topological polar surface area (TPSA) is 25.8 Å². The molecule has 0 aliphatic rings. The molecule has 124 valence electrons. The summed E-state index contributed by atoms with van der Waals surface area (Å²) in [6.07, 6.45) is 0. The van der Waals surface area contributed by atoms with Gasteiger partial charge in [-0.25, -0.2) is 9.97 Å². The van der Waals surface area contributed by atoms with Crippen LogP contribution in [0, 0.1) is 6.92 Å². The van der Waals surface area contributed by atoms with E-state index in [1.807, 2.05) is 18.2 Å². The molecule has 0 aliphatic carbocycles. The second-order valence-corrected chi connectivity index (χ2v) is 7.08. The monoisotopic (exact) mass is 357 g/mol. The van der Waals surface area contributed by atoms with Crippen molar-refractivity contribution in [1.82, 2.24) is 9.97 Å². The zero-order valence-corrected chi connectivity index (χ0v) is 14.7. The third-order valence-electron chi connectivity index (χ3n) is 4.27. The Bertz CT molecular complexity index is 1480. The maximum Gasteiger partial charge on any atom is 0.126 e. The Morgan fingerprint density at radius 2 is 1.50 bits per heavy atom. The van der Waals surface area contributed by atoms with Crippen LogP contribution in [-0.2, 0) is 0 Å². The first-order valence-electron chi connectivity index (χ1n) is 10.7. The first-order valence-corrected chi connectivity index (χ1v) is 9.01. The predicted octanol–water partition coefficient (Wildman–Crippen LogP) is 6.49. The summed E-state index contributed by atoms with van der Waals surface area (Å²) in [5, 5.41) is 2.32. The van der Waals surface area contributed by atoms with Gasteiger partial charge in [-0.2, -0.15) is 0 Å². The Morgan fingerprint density at radius 1 is 0.769 bits per heavy atom. The summed E-state index contributed by atoms with van der Waals surface area (Å²) < 4.78 is 42.7. The second kappa shape index (κ2) is 6.04. The number of rotatable bonds is 2. The highest BCUT2D eigenvalue weighted by Crippen LogP contribution is 2.36. The summed E-state index contributed by atoms with van der Waals surface area (Å²) in [6.45, 7) is 1.74. The van der Waals surface area contributed by atoms with Crippen LogP contribution in [-0.4, -0.2) is 9.97 Å². The molecule has 5 rings (SSSR count). The number of hydrogen-bond acceptors (Lipinski definition) is 3. The van der Waals surface area contributed by atoms with Crippen molar-refractivity contribution in [3.8, 4) is 22.5 Å². The van der Waals surface area contributed by atoms with E-state index in [0.717, 1.165) is 10.9 Å². The fourth-order valence-corrected chi connectivity index (χ4v) is 4.19. The van der Waals surface area contributed by atoms with Gasteiger partial charge in [0.1, 0.15) is 5.82 Å². The molecular weight excluding hydrogens is 336 g/mol. The minimum atomic E-state index is -0.417. The molecule has 26 heavy (non-hydrogen) atoms. The Kier molecular flexibility index (Phi) is 2.52. The highest BCUT2D eigenvalue weighted by Gasteiger charge is 2.10. The molecule has 0 radical (unpaired) electrons. The van der Waals surface area contributed by atoms with Gasteiger partial charge in [-0.1, -0.05) is 54.5 Å². The smallest absolute Gasteiger partial charge is 0.126 e. The van der Waals surface area contributed by atoms with Crippen molar-refractivity contribution in [2.75, 3.05) is 0 Å². The van der Waals surface area contributed by atoms with Gasteiger partial charge in [0.2, 0.25) is 0 Å². The van der Waals surface area contributed by atoms with Crippen LogP contribution in [0.25, 0.3) is 42.7 Å². The lowest BCUT2D eigenvalue weighted by Crippen LogP contribution is -1.94. The number of hydrogen-bond donors (Lipinski definition) is 0. The van der Waals surface area contributed by atoms with Crippen LogP contribution in [0.2, 0.25) is 0 Å². The molecular formula is C23H16N2S. The molecule has 0 unspecified atom stereocenters. The summed E-state index contributed by atoms with van der Waals surface area (Å²) in [5.74, 6) is 0.467. The van der Waals surface area contributed by atoms with Crippen LogP contribution in [0.3, 0.4) is 0 Å². The van der Waals surface area contributed by atoms with Gasteiger partial charge < -0.3 is 0 Å². The molecule has 3 heteroatoms. The zero-order chi connectivity index (χ0) is 21.9. The van der Waals surface area contributed by atoms with Crippen molar-refractivity contribution in [2.45, 2.75) is 6.92 Å². The van der Waals surface area contributed by atoms with Gasteiger partial charge in [0.25, 0.3) is 0 Å². The molecule has 0 aliphatic heterocycles. The quantitative estimate of drug-likeness (QED) is 0.361. The molecule has 2 nitrogen and oxygen atoms in total. The van der Waals surface area contributed by atoms with Gasteiger partial charge in [0, 0.05) is 31.3 Å². The summed E-state index contributed by atoms with van der Waals surface area (Å²) >= 11 is 1.74. The lowest BCUT2D eigenvalue weighted by molar-refractivity contribution is 1.06. The highest BCUT2D eigenvalue weighted by molar-refractivity contribution is 7.25. The number of aryl methyl sites for hydroxylation is 1. The van der Waals surface area contributed by atoms with E-state index < -0.39 is 6.04 Å². The molecule has 0 atom stereocenters. The first kappa shape index (κ1) is 10.8. The van der Waals surface area contributed by atoms with E-state index in [9.17, 15) is 0 Å². The standard InChI is InChI=1S/C23H16N2S/c1-15-24-20(16-7-3-2-4-8-16)14-21(25-15)17-11-12-23-19(13-17)18-9-5-6-10-22(18)26-23/h2-14H,1H3/i2D,3D,4D,7D,8D. The van der Waals surface area contributed by atoms with Crippen LogP contribution in [0.15, 0.2) is 78.7 Å². The number of benzene rings is 3. The molecule has 0 amide bonds. The lowest BCUT2D eigenvalue weighted by atomic mass is 10.0. The number of fused-ring (bicyclic) bond motifs is 3. The van der Waals surface area contributed by atoms with E-state index in [1.165, 1.54) is 14.8 Å². The largest absolute Gasteiger partial charge is 0.233 e. The molecule has 0 spiro atoms. The van der Waals surface area contributed by atoms with Gasteiger partial charge in [0.15, 0.2) is 0 Å². The molecule has 5 aromatic rings. The van der Waals surface area contributed by atoms with Crippen LogP contribution >= 0.6 is 11.3 Å². The minimum absolute atomic E-state index is 0.0832. The highest BCUT2D eigenvalue weighted by atomic mass is 32.1. The third-order valence-corrected chi connectivity index (χ3v) is 5.42. The minimum Gasteiger partial charge on any atom is -0.233 e. The fraction of sp³-hybridized carbons (Fsp3) is 0.0435. The molecule has 0 saturated heterocycles. The van der Waals surface area contributed by atoms with Crippen molar-refractivity contribution in [1.29, 1.82) is 0 Å². The molecule has 0 bridgehead atoms. The number of aromatic nitrogens is 2. The van der Waals surface area contributed by atoms with Crippen molar-refractivity contribution < 1.29 is 6.85 Å². The van der Waals surface area contributed by atoms with Crippen LogP contribution in [0.1, 0.15) is 12.7 Å². The SMILES string of the molecule is [2H]c1c([2H])c([2H])c(-c2cc(-c3ccc4sc5ccccc5c4c3)nc(C)n2)c([2H])c1[2H]. The van der Waals surface area contributed by atoms with Gasteiger partial charge in [-0.3, -0.25) is 0 Å². The van der Waals surface area contributed by atoms with Gasteiger partial charge in [-0.15, -0.1) is 11.3 Å². The average Bonchev–Trinajstić information content (AvgIpc) is 3.14. The second-order valence-electron chi connectivity index (χ2n) is 5.99. The maximum absolute atomic E-state index is 8.26. The number of thiophene rings is 1. The first-order chi connectivity index (χ1) is 14.8. The molecule has 2 aromatic heterocycles. The van der Waals surface area contributed by atoms with E-state index in [4.69, 9.17) is 6.85 Å². The fourth-order valence-electron chi connectivity index (χ4n) is 3.11. The average molecular weight is 357 g/mol. The predicted molar refractivity (Wildman–Crippen MR) is 111 cm³/mol. The van der Waals surface area contributed by atoms with Crippen LogP contribution in [0.4, 0.5) is 0 Å². The third kappa shape index (κ3) is 2.57. The molecule has 3 aromatic carbocycles. The van der Waals surface area contributed by atoms with Crippen LogP contribution in [0.5, 0.6) is 0 Å². The Labute approximate surface area is 162 Å². The van der Waals surface area contributed by atoms with Crippen molar-refractivity contribution in [3.63, 3.8) is 0 Å². The molecule has 0 N–H and O–H groups in total. The van der Waals surface area contributed by atoms with Gasteiger partial charge in [0.05, 0.1) is 18.2 Å². The Hall–Kier alpha value is -3.04. The van der Waals surface area contributed by atoms with E-state index in [2.05, 4.69) is 34.2 Å². The van der Waals surface area contributed by atoms with E-state index in [0.29, 0.717) is 17.2 Å². The summed E-state index contributed by atoms with van der Waals surface area (Å²) in [4.78, 5) is 8.95. The van der Waals surface area contributed by atoms with Crippen molar-refractivity contribution >= 4 is 31.5 Å². The van der Waals surface area contributed by atoms with E-state index in [1.54, 1.807) is 24.3 Å². The van der Waals surface area contributed by atoms with E-state index >= 15 is 0 Å². The Morgan fingerprint density at radius 3 is 2.35 bits per heavy atom. The zero-order valence-electron chi connectivity index (χ0n) is 18.9. The Balaban J connectivity index is 1.73. The summed E-state index contributed by atoms with van der Waals surface area (Å²) in [6, 6.07) is 14.4. The molecule has 0 fully saturated rings. The molecule has 2 heterocycles. The normalized spacial score (nSPS) is 14.0. The van der Waals surface area contributed by atoms with Gasteiger partial charge in [-0.05, 0) is 31.2 Å². The number of nitrogens with zero attached hydrogens (tertiary/aromatic N) is 2. The van der Waals surface area contributed by atoms with Crippen molar-refractivity contribution in [3.05, 3.63) is 84.6 Å².